The van der Waals surface area contributed by atoms with Gasteiger partial charge in [-0.1, -0.05) is 11.2 Å². The van der Waals surface area contributed by atoms with Crippen molar-refractivity contribution in [3.05, 3.63) is 28.2 Å². The molecule has 3 N–H and O–H groups in total. The first kappa shape index (κ1) is 14.1. The highest BCUT2D eigenvalue weighted by molar-refractivity contribution is 9.10. The Balaban J connectivity index is 2.42. The molecule has 1 aliphatic heterocycles. The molecule has 0 aliphatic carbocycles. The number of ether oxygens (including phenoxy) is 1. The van der Waals surface area contributed by atoms with Crippen LogP contribution in [0.5, 0.6) is 0 Å². The van der Waals surface area contributed by atoms with Crippen molar-refractivity contribution in [2.24, 2.45) is 10.9 Å². The summed E-state index contributed by atoms with van der Waals surface area (Å²) in [6.45, 7) is 6.32. The van der Waals surface area contributed by atoms with Gasteiger partial charge in [0.05, 0.1) is 17.8 Å². The van der Waals surface area contributed by atoms with E-state index in [0.29, 0.717) is 12.2 Å². The van der Waals surface area contributed by atoms with Crippen LogP contribution in [-0.4, -0.2) is 36.3 Å². The van der Waals surface area contributed by atoms with E-state index < -0.39 is 0 Å². The second kappa shape index (κ2) is 5.38. The van der Waals surface area contributed by atoms with Crippen LogP contribution in [0.3, 0.4) is 0 Å². The molecule has 1 aromatic carbocycles. The Kier molecular flexibility index (Phi) is 4.01. The third kappa shape index (κ3) is 3.01. The zero-order chi connectivity index (χ0) is 14.0. The summed E-state index contributed by atoms with van der Waals surface area (Å²) in [5.74, 6) is 0.103. The van der Waals surface area contributed by atoms with Gasteiger partial charge in [0.25, 0.3) is 0 Å². The average Bonchev–Trinajstić information content (AvgIpc) is 2.36. The maximum absolute atomic E-state index is 8.94. The fraction of sp³-hybridized carbons (Fsp3) is 0.462. The molecule has 5 nitrogen and oxygen atoms in total. The SMILES string of the molecule is CC1(C)CN(c2cccc(Br)c2/C(N)=N/O)CCO1. The summed E-state index contributed by atoms with van der Waals surface area (Å²) < 4.78 is 6.52. The highest BCUT2D eigenvalue weighted by atomic mass is 79.9. The lowest BCUT2D eigenvalue weighted by Gasteiger charge is -2.40. The molecule has 1 fully saturated rings. The number of morpholine rings is 1. The van der Waals surface area contributed by atoms with Crippen molar-refractivity contribution in [2.45, 2.75) is 19.4 Å². The lowest BCUT2D eigenvalue weighted by Crippen LogP contribution is -2.48. The van der Waals surface area contributed by atoms with E-state index in [1.165, 1.54) is 0 Å². The standard InChI is InChI=1S/C13H18BrN3O2/c1-13(2)8-17(6-7-19-13)10-5-3-4-9(14)11(10)12(15)16-18/h3-5,18H,6-8H2,1-2H3,(H2,15,16). The zero-order valence-corrected chi connectivity index (χ0v) is 12.6. The van der Waals surface area contributed by atoms with Crippen molar-refractivity contribution in [3.8, 4) is 0 Å². The Labute approximate surface area is 121 Å². The Morgan fingerprint density at radius 1 is 1.53 bits per heavy atom. The van der Waals surface area contributed by atoms with Crippen LogP contribution in [0.4, 0.5) is 5.69 Å². The molecule has 0 radical (unpaired) electrons. The summed E-state index contributed by atoms with van der Waals surface area (Å²) in [5, 5.41) is 12.1. The molecule has 1 heterocycles. The van der Waals surface area contributed by atoms with Crippen LogP contribution in [0.2, 0.25) is 0 Å². The fourth-order valence-corrected chi connectivity index (χ4v) is 2.86. The van der Waals surface area contributed by atoms with Crippen molar-refractivity contribution >= 4 is 27.5 Å². The monoisotopic (exact) mass is 327 g/mol. The Morgan fingerprint density at radius 3 is 2.89 bits per heavy atom. The Hall–Kier alpha value is -1.27. The molecule has 0 saturated carbocycles. The van der Waals surface area contributed by atoms with Crippen molar-refractivity contribution < 1.29 is 9.94 Å². The number of amidine groups is 1. The minimum Gasteiger partial charge on any atom is -0.409 e. The normalized spacial score (nSPS) is 19.5. The van der Waals surface area contributed by atoms with Gasteiger partial charge in [-0.25, -0.2) is 0 Å². The highest BCUT2D eigenvalue weighted by Crippen LogP contribution is 2.30. The van der Waals surface area contributed by atoms with E-state index in [0.717, 1.165) is 23.2 Å². The largest absolute Gasteiger partial charge is 0.409 e. The van der Waals surface area contributed by atoms with Crippen LogP contribution in [0, 0.1) is 0 Å². The van der Waals surface area contributed by atoms with Gasteiger partial charge in [0, 0.05) is 23.2 Å². The topological polar surface area (TPSA) is 71.1 Å². The molecule has 0 bridgehead atoms. The number of halogens is 1. The molecule has 0 spiro atoms. The van der Waals surface area contributed by atoms with Gasteiger partial charge < -0.3 is 20.6 Å². The average molecular weight is 328 g/mol. The predicted molar refractivity (Wildman–Crippen MR) is 78.9 cm³/mol. The molecule has 0 atom stereocenters. The molecule has 0 unspecified atom stereocenters. The molecule has 6 heteroatoms. The van der Waals surface area contributed by atoms with E-state index in [-0.39, 0.29) is 11.4 Å². The van der Waals surface area contributed by atoms with Crippen LogP contribution < -0.4 is 10.6 Å². The predicted octanol–water partition coefficient (Wildman–Crippen LogP) is 2.16. The number of hydrogen-bond acceptors (Lipinski definition) is 4. The number of hydrogen-bond donors (Lipinski definition) is 2. The first-order valence-corrected chi connectivity index (χ1v) is 6.89. The van der Waals surface area contributed by atoms with Gasteiger partial charge in [-0.3, -0.25) is 0 Å². The lowest BCUT2D eigenvalue weighted by molar-refractivity contribution is -0.0277. The van der Waals surface area contributed by atoms with Crippen molar-refractivity contribution in [1.29, 1.82) is 0 Å². The van der Waals surface area contributed by atoms with E-state index in [1.54, 1.807) is 0 Å². The van der Waals surface area contributed by atoms with Crippen molar-refractivity contribution in [3.63, 3.8) is 0 Å². The number of oxime groups is 1. The summed E-state index contributed by atoms with van der Waals surface area (Å²) in [7, 11) is 0. The van der Waals surface area contributed by atoms with Gasteiger partial charge in [0.15, 0.2) is 5.84 Å². The molecule has 19 heavy (non-hydrogen) atoms. The Morgan fingerprint density at radius 2 is 2.26 bits per heavy atom. The first-order chi connectivity index (χ1) is 8.94. The maximum Gasteiger partial charge on any atom is 0.173 e. The summed E-state index contributed by atoms with van der Waals surface area (Å²) in [4.78, 5) is 2.20. The fourth-order valence-electron chi connectivity index (χ4n) is 2.30. The van der Waals surface area contributed by atoms with Crippen LogP contribution in [0.1, 0.15) is 19.4 Å². The summed E-state index contributed by atoms with van der Waals surface area (Å²) in [6.07, 6.45) is 0. The lowest BCUT2D eigenvalue weighted by atomic mass is 10.0. The minimum atomic E-state index is -0.205. The van der Waals surface area contributed by atoms with Gasteiger partial charge in [-0.2, -0.15) is 0 Å². The molecular formula is C13H18BrN3O2. The summed E-state index contributed by atoms with van der Waals surface area (Å²) >= 11 is 3.45. The molecule has 2 rings (SSSR count). The van der Waals surface area contributed by atoms with Crippen molar-refractivity contribution in [1.82, 2.24) is 0 Å². The molecular weight excluding hydrogens is 310 g/mol. The van der Waals surface area contributed by atoms with E-state index in [4.69, 9.17) is 15.7 Å². The van der Waals surface area contributed by atoms with Crippen LogP contribution in [0.15, 0.2) is 27.8 Å². The van der Waals surface area contributed by atoms with E-state index in [1.807, 2.05) is 18.2 Å². The zero-order valence-electron chi connectivity index (χ0n) is 11.1. The molecule has 1 aliphatic rings. The number of nitrogens with zero attached hydrogens (tertiary/aromatic N) is 2. The minimum absolute atomic E-state index is 0.103. The van der Waals surface area contributed by atoms with Gasteiger partial charge >= 0.3 is 0 Å². The number of rotatable bonds is 2. The van der Waals surface area contributed by atoms with Gasteiger partial charge in [0.2, 0.25) is 0 Å². The van der Waals surface area contributed by atoms with E-state index in [2.05, 4.69) is 39.8 Å². The first-order valence-electron chi connectivity index (χ1n) is 6.10. The second-order valence-corrected chi connectivity index (χ2v) is 6.00. The van der Waals surface area contributed by atoms with Crippen LogP contribution in [-0.2, 0) is 4.74 Å². The van der Waals surface area contributed by atoms with Gasteiger partial charge in [-0.15, -0.1) is 0 Å². The van der Waals surface area contributed by atoms with Crippen LogP contribution >= 0.6 is 15.9 Å². The number of anilines is 1. The van der Waals surface area contributed by atoms with Crippen molar-refractivity contribution in [2.75, 3.05) is 24.6 Å². The number of nitrogens with two attached hydrogens (primary N) is 1. The second-order valence-electron chi connectivity index (χ2n) is 5.15. The molecule has 0 amide bonds. The smallest absolute Gasteiger partial charge is 0.173 e. The third-order valence-electron chi connectivity index (χ3n) is 3.12. The third-order valence-corrected chi connectivity index (χ3v) is 3.78. The molecule has 104 valence electrons. The summed E-state index contributed by atoms with van der Waals surface area (Å²) in [5.41, 5.74) is 7.23. The molecule has 1 saturated heterocycles. The highest BCUT2D eigenvalue weighted by Gasteiger charge is 2.29. The van der Waals surface area contributed by atoms with E-state index >= 15 is 0 Å². The van der Waals surface area contributed by atoms with Gasteiger partial charge in [-0.05, 0) is 41.9 Å². The quantitative estimate of drug-likeness (QED) is 0.378. The summed E-state index contributed by atoms with van der Waals surface area (Å²) in [6, 6.07) is 5.79. The van der Waals surface area contributed by atoms with Crippen LogP contribution in [0.25, 0.3) is 0 Å². The van der Waals surface area contributed by atoms with E-state index in [9.17, 15) is 0 Å². The number of benzene rings is 1. The Bertz CT molecular complexity index is 503. The maximum atomic E-state index is 8.94. The van der Waals surface area contributed by atoms with Gasteiger partial charge in [0.1, 0.15) is 0 Å². The molecule has 0 aromatic heterocycles. The molecule has 1 aromatic rings.